The maximum atomic E-state index is 12.1. The van der Waals surface area contributed by atoms with Gasteiger partial charge in [-0.2, -0.15) is 0 Å². The molecule has 1 atom stereocenters. The van der Waals surface area contributed by atoms with Gasteiger partial charge in [0.15, 0.2) is 0 Å². The standard InChI is InChI=1S/C16H23N3O2/c1-12(17)11-15(20)19-9-7-14(8-10-19)18-16(21)13-5-3-2-4-6-13/h2-6,12,14H,7-11,17H2,1H3,(H,18,21). The number of hydrogen-bond donors (Lipinski definition) is 2. The lowest BCUT2D eigenvalue weighted by Gasteiger charge is -2.32. The summed E-state index contributed by atoms with van der Waals surface area (Å²) in [5, 5.41) is 3.03. The number of nitrogens with one attached hydrogen (secondary N) is 1. The van der Waals surface area contributed by atoms with Gasteiger partial charge in [0.05, 0.1) is 0 Å². The third-order valence-electron chi connectivity index (χ3n) is 3.72. The molecule has 0 bridgehead atoms. The van der Waals surface area contributed by atoms with Crippen molar-refractivity contribution < 1.29 is 9.59 Å². The molecule has 0 aliphatic carbocycles. The van der Waals surface area contributed by atoms with Crippen molar-refractivity contribution in [3.63, 3.8) is 0 Å². The molecule has 0 radical (unpaired) electrons. The zero-order valence-electron chi connectivity index (χ0n) is 12.4. The number of benzene rings is 1. The Hall–Kier alpha value is -1.88. The van der Waals surface area contributed by atoms with Gasteiger partial charge in [-0.15, -0.1) is 0 Å². The minimum atomic E-state index is -0.104. The summed E-state index contributed by atoms with van der Waals surface area (Å²) < 4.78 is 0. The summed E-state index contributed by atoms with van der Waals surface area (Å²) in [5.74, 6) is 0.0637. The van der Waals surface area contributed by atoms with Crippen LogP contribution in [-0.2, 0) is 4.79 Å². The van der Waals surface area contributed by atoms with Crippen LogP contribution in [0.3, 0.4) is 0 Å². The van der Waals surface area contributed by atoms with Gasteiger partial charge < -0.3 is 16.0 Å². The molecule has 5 nitrogen and oxygen atoms in total. The minimum Gasteiger partial charge on any atom is -0.349 e. The fourth-order valence-corrected chi connectivity index (χ4v) is 2.54. The fraction of sp³-hybridized carbons (Fsp3) is 0.500. The van der Waals surface area contributed by atoms with Crippen molar-refractivity contribution in [2.75, 3.05) is 13.1 Å². The topological polar surface area (TPSA) is 75.4 Å². The van der Waals surface area contributed by atoms with Crippen LogP contribution in [-0.4, -0.2) is 41.9 Å². The maximum Gasteiger partial charge on any atom is 0.251 e. The highest BCUT2D eigenvalue weighted by Crippen LogP contribution is 2.13. The van der Waals surface area contributed by atoms with Crippen molar-refractivity contribution in [3.05, 3.63) is 35.9 Å². The van der Waals surface area contributed by atoms with Crippen molar-refractivity contribution >= 4 is 11.8 Å². The van der Waals surface area contributed by atoms with E-state index < -0.39 is 0 Å². The molecule has 3 N–H and O–H groups in total. The maximum absolute atomic E-state index is 12.1. The van der Waals surface area contributed by atoms with Crippen LogP contribution >= 0.6 is 0 Å². The largest absolute Gasteiger partial charge is 0.349 e. The Labute approximate surface area is 125 Å². The molecule has 0 spiro atoms. The lowest BCUT2D eigenvalue weighted by molar-refractivity contribution is -0.132. The molecule has 1 aliphatic rings. The van der Waals surface area contributed by atoms with E-state index in [0.717, 1.165) is 12.8 Å². The summed E-state index contributed by atoms with van der Waals surface area (Å²) in [5.41, 5.74) is 6.33. The van der Waals surface area contributed by atoms with Crippen LogP contribution in [0.5, 0.6) is 0 Å². The molecule has 5 heteroatoms. The van der Waals surface area contributed by atoms with Crippen molar-refractivity contribution in [2.45, 2.75) is 38.3 Å². The lowest BCUT2D eigenvalue weighted by Crippen LogP contribution is -2.47. The van der Waals surface area contributed by atoms with Crippen LogP contribution in [0.25, 0.3) is 0 Å². The molecule has 1 fully saturated rings. The van der Waals surface area contributed by atoms with Crippen molar-refractivity contribution in [2.24, 2.45) is 5.73 Å². The quantitative estimate of drug-likeness (QED) is 0.873. The number of carbonyl (C=O) groups excluding carboxylic acids is 2. The average Bonchev–Trinajstić information content (AvgIpc) is 2.48. The molecule has 2 rings (SSSR count). The molecular weight excluding hydrogens is 266 g/mol. The molecule has 0 aromatic heterocycles. The number of likely N-dealkylation sites (tertiary alicyclic amines) is 1. The number of amides is 2. The van der Waals surface area contributed by atoms with Gasteiger partial charge in [-0.25, -0.2) is 0 Å². The van der Waals surface area contributed by atoms with E-state index in [1.54, 1.807) is 12.1 Å². The first-order valence-electron chi connectivity index (χ1n) is 7.45. The normalized spacial score (nSPS) is 17.3. The highest BCUT2D eigenvalue weighted by Gasteiger charge is 2.24. The van der Waals surface area contributed by atoms with Gasteiger partial charge in [-0.05, 0) is 31.9 Å². The number of rotatable bonds is 4. The van der Waals surface area contributed by atoms with Crippen LogP contribution in [0.1, 0.15) is 36.5 Å². The molecule has 21 heavy (non-hydrogen) atoms. The second kappa shape index (κ2) is 7.22. The van der Waals surface area contributed by atoms with Crippen LogP contribution in [0, 0.1) is 0 Å². The van der Waals surface area contributed by atoms with Gasteiger partial charge in [-0.1, -0.05) is 18.2 Å². The Morgan fingerprint density at radius 3 is 2.48 bits per heavy atom. The third-order valence-corrected chi connectivity index (χ3v) is 3.72. The summed E-state index contributed by atoms with van der Waals surface area (Å²) in [7, 11) is 0. The van der Waals surface area contributed by atoms with Crippen LogP contribution in [0.2, 0.25) is 0 Å². The summed E-state index contributed by atoms with van der Waals surface area (Å²) in [6.07, 6.45) is 1.98. The molecule has 1 aromatic carbocycles. The molecule has 1 heterocycles. The lowest BCUT2D eigenvalue weighted by atomic mass is 10.0. The number of nitrogens with two attached hydrogens (primary N) is 1. The molecule has 1 saturated heterocycles. The first-order valence-corrected chi connectivity index (χ1v) is 7.45. The summed E-state index contributed by atoms with van der Waals surface area (Å²) >= 11 is 0. The second-order valence-corrected chi connectivity index (χ2v) is 5.68. The van der Waals surface area contributed by atoms with Gasteiger partial charge in [0, 0.05) is 37.2 Å². The van der Waals surface area contributed by atoms with E-state index in [9.17, 15) is 9.59 Å². The number of nitrogens with zero attached hydrogens (tertiary/aromatic N) is 1. The fourth-order valence-electron chi connectivity index (χ4n) is 2.54. The van der Waals surface area contributed by atoms with Crippen LogP contribution in [0.15, 0.2) is 30.3 Å². The number of piperidine rings is 1. The summed E-state index contributed by atoms with van der Waals surface area (Å²) in [4.78, 5) is 25.8. The number of carbonyl (C=O) groups is 2. The Bertz CT molecular complexity index is 480. The first kappa shape index (κ1) is 15.5. The first-order chi connectivity index (χ1) is 10.1. The van der Waals surface area contributed by atoms with Gasteiger partial charge >= 0.3 is 0 Å². The smallest absolute Gasteiger partial charge is 0.251 e. The van der Waals surface area contributed by atoms with Crippen molar-refractivity contribution in [1.82, 2.24) is 10.2 Å². The molecular formula is C16H23N3O2. The Balaban J connectivity index is 1.79. The van der Waals surface area contributed by atoms with Gasteiger partial charge in [0.1, 0.15) is 0 Å². The average molecular weight is 289 g/mol. The Kier molecular flexibility index (Phi) is 5.33. The van der Waals surface area contributed by atoms with Gasteiger partial charge in [-0.3, -0.25) is 9.59 Å². The van der Waals surface area contributed by atoms with Gasteiger partial charge in [0.25, 0.3) is 5.91 Å². The molecule has 1 aromatic rings. The summed E-state index contributed by atoms with van der Waals surface area (Å²) in [6, 6.07) is 9.23. The zero-order valence-corrected chi connectivity index (χ0v) is 12.4. The number of hydrogen-bond acceptors (Lipinski definition) is 3. The van der Waals surface area contributed by atoms with E-state index in [0.29, 0.717) is 25.1 Å². The van der Waals surface area contributed by atoms with Crippen molar-refractivity contribution in [3.8, 4) is 0 Å². The van der Waals surface area contributed by atoms with E-state index in [4.69, 9.17) is 5.73 Å². The molecule has 0 saturated carbocycles. The van der Waals surface area contributed by atoms with E-state index in [-0.39, 0.29) is 23.9 Å². The monoisotopic (exact) mass is 289 g/mol. The van der Waals surface area contributed by atoms with E-state index >= 15 is 0 Å². The van der Waals surface area contributed by atoms with E-state index in [2.05, 4.69) is 5.32 Å². The predicted molar refractivity (Wildman–Crippen MR) is 81.8 cm³/mol. The second-order valence-electron chi connectivity index (χ2n) is 5.68. The van der Waals surface area contributed by atoms with Crippen LogP contribution in [0.4, 0.5) is 0 Å². The van der Waals surface area contributed by atoms with Gasteiger partial charge in [0.2, 0.25) is 5.91 Å². The highest BCUT2D eigenvalue weighted by atomic mass is 16.2. The zero-order chi connectivity index (χ0) is 15.2. The predicted octanol–water partition coefficient (Wildman–Crippen LogP) is 1.14. The van der Waals surface area contributed by atoms with Crippen LogP contribution < -0.4 is 11.1 Å². The SMILES string of the molecule is CC(N)CC(=O)N1CCC(NC(=O)c2ccccc2)CC1. The third kappa shape index (κ3) is 4.56. The van der Waals surface area contributed by atoms with E-state index in [1.165, 1.54) is 0 Å². The van der Waals surface area contributed by atoms with Crippen molar-refractivity contribution in [1.29, 1.82) is 0 Å². The molecule has 1 aliphatic heterocycles. The highest BCUT2D eigenvalue weighted by molar-refractivity contribution is 5.94. The summed E-state index contributed by atoms with van der Waals surface area (Å²) in [6.45, 7) is 3.21. The molecule has 1 unspecified atom stereocenters. The Morgan fingerprint density at radius 2 is 1.90 bits per heavy atom. The Morgan fingerprint density at radius 1 is 1.29 bits per heavy atom. The van der Waals surface area contributed by atoms with E-state index in [1.807, 2.05) is 30.0 Å². The minimum absolute atomic E-state index is 0.0454. The molecule has 114 valence electrons. The molecule has 2 amide bonds.